The van der Waals surface area contributed by atoms with Crippen LogP contribution in [-0.4, -0.2) is 50.2 Å². The second kappa shape index (κ2) is 10.7. The first-order chi connectivity index (χ1) is 18.1. The smallest absolute Gasteiger partial charge is 0.213 e. The third kappa shape index (κ3) is 5.46. The van der Waals surface area contributed by atoms with Gasteiger partial charge >= 0.3 is 0 Å². The molecule has 0 N–H and O–H groups in total. The average molecular weight is 522 g/mol. The predicted octanol–water partition coefficient (Wildman–Crippen LogP) is 5.37. The molecule has 2 fully saturated rings. The number of aromatic nitrogens is 4. The molecular weight excluding hydrogens is 493 g/mol. The maximum atomic E-state index is 14.1. The minimum atomic E-state index is -0.374. The summed E-state index contributed by atoms with van der Waals surface area (Å²) < 4.78 is 27.8. The van der Waals surface area contributed by atoms with Crippen LogP contribution in [0.25, 0.3) is 11.2 Å². The number of pyridine rings is 2. The fraction of sp³-hybridized carbons (Fsp3) is 0.393. The van der Waals surface area contributed by atoms with Gasteiger partial charge in [0, 0.05) is 41.1 Å². The van der Waals surface area contributed by atoms with Gasteiger partial charge in [-0.3, -0.25) is 4.90 Å². The van der Waals surface area contributed by atoms with Gasteiger partial charge in [0.2, 0.25) is 5.88 Å². The van der Waals surface area contributed by atoms with Gasteiger partial charge in [-0.1, -0.05) is 23.7 Å². The molecule has 0 unspecified atom stereocenters. The van der Waals surface area contributed by atoms with Gasteiger partial charge in [-0.05, 0) is 62.7 Å². The summed E-state index contributed by atoms with van der Waals surface area (Å²) in [7, 11) is 0. The SMILES string of the molecule is Fc1cc(Cl)ccc1COc1cccc(C2CCN(Cc3nc4cccnc4n3C[C@@H]3CCO3)CC2)n1. The van der Waals surface area contributed by atoms with Gasteiger partial charge in [0.15, 0.2) is 5.65 Å². The molecule has 0 saturated carbocycles. The molecule has 4 aromatic rings. The first-order valence-electron chi connectivity index (χ1n) is 12.8. The van der Waals surface area contributed by atoms with Crippen molar-refractivity contribution >= 4 is 22.8 Å². The van der Waals surface area contributed by atoms with Crippen molar-refractivity contribution in [1.29, 1.82) is 0 Å². The van der Waals surface area contributed by atoms with Crippen LogP contribution in [0.4, 0.5) is 4.39 Å². The Labute approximate surface area is 220 Å². The monoisotopic (exact) mass is 521 g/mol. The standard InChI is InChI=1S/C28H29ClFN5O2/c29-21-7-6-20(23(30)15-21)18-37-27-5-1-3-24(33-27)19-8-12-34(13-9-19)17-26-32-25-4-2-11-31-28(25)35(26)16-22-10-14-36-22/h1-7,11,15,19,22H,8-10,12-14,16-18H2/t22-/m0/s1. The number of fused-ring (bicyclic) bond motifs is 1. The van der Waals surface area contributed by atoms with E-state index in [-0.39, 0.29) is 18.5 Å². The molecule has 2 aliphatic heterocycles. The Morgan fingerprint density at radius 2 is 1.92 bits per heavy atom. The summed E-state index contributed by atoms with van der Waals surface area (Å²) >= 11 is 5.84. The number of likely N-dealkylation sites (tertiary alicyclic amines) is 1. The summed E-state index contributed by atoms with van der Waals surface area (Å²) in [6.45, 7) is 4.47. The second-order valence-electron chi connectivity index (χ2n) is 9.74. The van der Waals surface area contributed by atoms with Gasteiger partial charge in [-0.15, -0.1) is 0 Å². The number of rotatable bonds is 8. The molecular formula is C28H29ClFN5O2. The van der Waals surface area contributed by atoms with Gasteiger partial charge in [0.25, 0.3) is 0 Å². The minimum absolute atomic E-state index is 0.111. The van der Waals surface area contributed by atoms with Gasteiger partial charge in [0.1, 0.15) is 23.8 Å². The van der Waals surface area contributed by atoms with E-state index in [4.69, 9.17) is 31.0 Å². The molecule has 2 saturated heterocycles. The number of ether oxygens (including phenoxy) is 2. The van der Waals surface area contributed by atoms with Crippen molar-refractivity contribution in [3.05, 3.63) is 82.6 Å². The predicted molar refractivity (Wildman–Crippen MR) is 139 cm³/mol. The highest BCUT2D eigenvalue weighted by atomic mass is 35.5. The van der Waals surface area contributed by atoms with Crippen LogP contribution in [0.15, 0.2) is 54.7 Å². The molecule has 0 amide bonds. The van der Waals surface area contributed by atoms with E-state index in [0.717, 1.165) is 74.7 Å². The largest absolute Gasteiger partial charge is 0.473 e. The maximum Gasteiger partial charge on any atom is 0.213 e. The van der Waals surface area contributed by atoms with Crippen LogP contribution in [0.2, 0.25) is 5.02 Å². The Kier molecular flexibility index (Phi) is 7.04. The fourth-order valence-corrected chi connectivity index (χ4v) is 5.22. The van der Waals surface area contributed by atoms with Gasteiger partial charge in [0.05, 0.1) is 19.2 Å². The number of imidazole rings is 1. The minimum Gasteiger partial charge on any atom is -0.473 e. The van der Waals surface area contributed by atoms with Crippen molar-refractivity contribution in [2.24, 2.45) is 0 Å². The summed E-state index contributed by atoms with van der Waals surface area (Å²) in [5.74, 6) is 1.54. The first kappa shape index (κ1) is 24.3. The normalized spacial score (nSPS) is 18.7. The third-order valence-corrected chi connectivity index (χ3v) is 7.50. The molecule has 2 aliphatic rings. The molecule has 1 aromatic carbocycles. The highest BCUT2D eigenvalue weighted by molar-refractivity contribution is 6.30. The van der Waals surface area contributed by atoms with Crippen LogP contribution in [0.5, 0.6) is 5.88 Å². The van der Waals surface area contributed by atoms with Crippen molar-refractivity contribution < 1.29 is 13.9 Å². The number of benzene rings is 1. The van der Waals surface area contributed by atoms with Crippen LogP contribution >= 0.6 is 11.6 Å². The second-order valence-corrected chi connectivity index (χ2v) is 10.2. The Morgan fingerprint density at radius 1 is 1.05 bits per heavy atom. The molecule has 0 spiro atoms. The van der Waals surface area contributed by atoms with E-state index >= 15 is 0 Å². The molecule has 0 aliphatic carbocycles. The molecule has 192 valence electrons. The van der Waals surface area contributed by atoms with Crippen molar-refractivity contribution in [3.63, 3.8) is 0 Å². The molecule has 6 rings (SSSR count). The van der Waals surface area contributed by atoms with Crippen LogP contribution in [0.1, 0.15) is 42.3 Å². The number of hydrogen-bond donors (Lipinski definition) is 0. The molecule has 5 heterocycles. The maximum absolute atomic E-state index is 14.1. The summed E-state index contributed by atoms with van der Waals surface area (Å²) in [5.41, 5.74) is 3.34. The van der Waals surface area contributed by atoms with Crippen LogP contribution in [-0.2, 0) is 24.4 Å². The van der Waals surface area contributed by atoms with E-state index in [9.17, 15) is 4.39 Å². The zero-order valence-corrected chi connectivity index (χ0v) is 21.3. The summed E-state index contributed by atoms with van der Waals surface area (Å²) in [4.78, 5) is 16.7. The number of nitrogens with zero attached hydrogens (tertiary/aromatic N) is 5. The van der Waals surface area contributed by atoms with Crippen molar-refractivity contribution in [3.8, 4) is 5.88 Å². The topological polar surface area (TPSA) is 65.3 Å². The van der Waals surface area contributed by atoms with Crippen molar-refractivity contribution in [2.75, 3.05) is 19.7 Å². The Morgan fingerprint density at radius 3 is 2.70 bits per heavy atom. The van der Waals surface area contributed by atoms with Gasteiger partial charge < -0.3 is 14.0 Å². The lowest BCUT2D eigenvalue weighted by Gasteiger charge is -2.32. The zero-order valence-electron chi connectivity index (χ0n) is 20.5. The van der Waals surface area contributed by atoms with E-state index in [1.165, 1.54) is 6.07 Å². The molecule has 37 heavy (non-hydrogen) atoms. The van der Waals surface area contributed by atoms with Gasteiger partial charge in [-0.25, -0.2) is 19.3 Å². The highest BCUT2D eigenvalue weighted by Gasteiger charge is 2.26. The molecule has 9 heteroatoms. The fourth-order valence-electron chi connectivity index (χ4n) is 5.07. The van der Waals surface area contributed by atoms with E-state index in [2.05, 4.69) is 20.5 Å². The Hall–Kier alpha value is -3.07. The molecule has 3 aromatic heterocycles. The molecule has 7 nitrogen and oxygen atoms in total. The molecule has 1 atom stereocenters. The summed E-state index contributed by atoms with van der Waals surface area (Å²) in [6, 6.07) is 14.4. The summed E-state index contributed by atoms with van der Waals surface area (Å²) in [5, 5.41) is 0.369. The van der Waals surface area contributed by atoms with Crippen molar-refractivity contribution in [1.82, 2.24) is 24.4 Å². The molecule has 0 radical (unpaired) electrons. The van der Waals surface area contributed by atoms with E-state index in [1.807, 2.05) is 30.5 Å². The lowest BCUT2D eigenvalue weighted by atomic mass is 9.93. The number of piperidine rings is 1. The Bertz CT molecular complexity index is 1380. The lowest BCUT2D eigenvalue weighted by molar-refractivity contribution is -0.0593. The number of halogens is 2. The zero-order chi connectivity index (χ0) is 25.2. The van der Waals surface area contributed by atoms with Crippen LogP contribution in [0, 0.1) is 5.82 Å². The average Bonchev–Trinajstić information content (AvgIpc) is 3.23. The van der Waals surface area contributed by atoms with E-state index in [0.29, 0.717) is 22.4 Å². The highest BCUT2D eigenvalue weighted by Crippen LogP contribution is 2.29. The van der Waals surface area contributed by atoms with Crippen molar-refractivity contribution in [2.45, 2.75) is 51.0 Å². The van der Waals surface area contributed by atoms with E-state index in [1.54, 1.807) is 12.1 Å². The third-order valence-electron chi connectivity index (χ3n) is 7.27. The van der Waals surface area contributed by atoms with Crippen LogP contribution < -0.4 is 4.74 Å². The van der Waals surface area contributed by atoms with Crippen LogP contribution in [0.3, 0.4) is 0 Å². The van der Waals surface area contributed by atoms with E-state index < -0.39 is 0 Å². The first-order valence-corrected chi connectivity index (χ1v) is 13.2. The molecule has 0 bridgehead atoms. The Balaban J connectivity index is 1.08. The lowest BCUT2D eigenvalue weighted by Crippen LogP contribution is -2.35. The van der Waals surface area contributed by atoms with Gasteiger partial charge in [-0.2, -0.15) is 0 Å². The quantitative estimate of drug-likeness (QED) is 0.311. The summed E-state index contributed by atoms with van der Waals surface area (Å²) in [6.07, 6.45) is 5.18. The number of hydrogen-bond acceptors (Lipinski definition) is 6.